The lowest BCUT2D eigenvalue weighted by Gasteiger charge is -2.23. The minimum Gasteiger partial charge on any atom is -0.456 e. The third kappa shape index (κ3) is 2.16. The Labute approximate surface area is 180 Å². The molecule has 0 N–H and O–H groups in total. The zero-order chi connectivity index (χ0) is 20.9. The Balaban J connectivity index is 1.51. The van der Waals surface area contributed by atoms with Crippen molar-refractivity contribution in [3.05, 3.63) is 95.6 Å². The van der Waals surface area contributed by atoms with Crippen molar-refractivity contribution in [2.75, 3.05) is 0 Å². The highest BCUT2D eigenvalue weighted by atomic mass is 16.3. The lowest BCUT2D eigenvalue weighted by Crippen LogP contribution is -2.15. The molecular formula is C30H22O. The molecule has 0 fully saturated rings. The fourth-order valence-electron chi connectivity index (χ4n) is 5.68. The van der Waals surface area contributed by atoms with Gasteiger partial charge >= 0.3 is 0 Å². The van der Waals surface area contributed by atoms with Crippen LogP contribution < -0.4 is 0 Å². The van der Waals surface area contributed by atoms with Gasteiger partial charge in [0.2, 0.25) is 0 Å². The molecule has 1 heteroatoms. The fraction of sp³-hybridized carbons (Fsp3) is 0.133. The van der Waals surface area contributed by atoms with E-state index in [0.717, 1.165) is 11.2 Å². The van der Waals surface area contributed by atoms with E-state index in [-0.39, 0.29) is 5.41 Å². The Hall–Kier alpha value is -3.58. The van der Waals surface area contributed by atoms with Crippen molar-refractivity contribution < 1.29 is 4.42 Å². The summed E-state index contributed by atoms with van der Waals surface area (Å²) in [5.74, 6) is 0. The predicted octanol–water partition coefficient (Wildman–Crippen LogP) is 8.51. The van der Waals surface area contributed by atoms with Gasteiger partial charge in [-0.1, -0.05) is 67.9 Å². The van der Waals surface area contributed by atoms with Gasteiger partial charge in [0, 0.05) is 16.2 Å². The number of hydrogen-bond donors (Lipinski definition) is 0. The van der Waals surface area contributed by atoms with Gasteiger partial charge < -0.3 is 4.42 Å². The summed E-state index contributed by atoms with van der Waals surface area (Å²) < 4.78 is 6.16. The number of hydrogen-bond acceptors (Lipinski definition) is 1. The highest BCUT2D eigenvalue weighted by molar-refractivity contribution is 6.16. The van der Waals surface area contributed by atoms with Crippen LogP contribution in [0.5, 0.6) is 0 Å². The van der Waals surface area contributed by atoms with Crippen molar-refractivity contribution in [1.29, 1.82) is 0 Å². The lowest BCUT2D eigenvalue weighted by molar-refractivity contribution is 0.662. The van der Waals surface area contributed by atoms with E-state index in [4.69, 9.17) is 4.42 Å². The van der Waals surface area contributed by atoms with Gasteiger partial charge in [-0.25, -0.2) is 0 Å². The molecule has 31 heavy (non-hydrogen) atoms. The summed E-state index contributed by atoms with van der Waals surface area (Å²) in [6, 6.07) is 28.9. The number of rotatable bonds is 1. The molecule has 7 rings (SSSR count). The Kier molecular flexibility index (Phi) is 3.07. The Bertz CT molecular complexity index is 1710. The van der Waals surface area contributed by atoms with Crippen LogP contribution in [0.3, 0.4) is 0 Å². The molecule has 1 heterocycles. The fourth-order valence-corrected chi connectivity index (χ4v) is 5.68. The van der Waals surface area contributed by atoms with E-state index in [0.29, 0.717) is 0 Å². The molecule has 0 spiro atoms. The second-order valence-corrected chi connectivity index (χ2v) is 9.53. The molecule has 1 aliphatic carbocycles. The summed E-state index contributed by atoms with van der Waals surface area (Å²) in [4.78, 5) is 0. The molecule has 0 aliphatic heterocycles. The van der Waals surface area contributed by atoms with Crippen molar-refractivity contribution in [3.8, 4) is 11.1 Å². The first kappa shape index (κ1) is 17.1. The van der Waals surface area contributed by atoms with E-state index in [9.17, 15) is 0 Å². The summed E-state index contributed by atoms with van der Waals surface area (Å²) in [5, 5.41) is 7.88. The van der Waals surface area contributed by atoms with E-state index in [1.54, 1.807) is 0 Å². The first-order chi connectivity index (χ1) is 15.0. The average Bonchev–Trinajstić information content (AvgIpc) is 3.25. The molecule has 6 aromatic rings. The van der Waals surface area contributed by atoms with Crippen molar-refractivity contribution in [2.24, 2.45) is 0 Å². The number of para-hydroxylation sites is 1. The Morgan fingerprint density at radius 2 is 1.32 bits per heavy atom. The number of fused-ring (bicyclic) bond motifs is 3. The number of aryl methyl sites for hydroxylation is 1. The first-order valence-corrected chi connectivity index (χ1v) is 10.9. The molecule has 1 aliphatic rings. The molecule has 0 saturated heterocycles. The van der Waals surface area contributed by atoms with Gasteiger partial charge in [0.15, 0.2) is 0 Å². The van der Waals surface area contributed by atoms with E-state index in [2.05, 4.69) is 87.5 Å². The minimum absolute atomic E-state index is 0.00825. The van der Waals surface area contributed by atoms with Gasteiger partial charge in [0.25, 0.3) is 0 Å². The van der Waals surface area contributed by atoms with E-state index < -0.39 is 0 Å². The molecule has 1 nitrogen and oxygen atoms in total. The zero-order valence-electron chi connectivity index (χ0n) is 17.9. The van der Waals surface area contributed by atoms with Crippen LogP contribution in [-0.4, -0.2) is 0 Å². The molecule has 0 unspecified atom stereocenters. The molecular weight excluding hydrogens is 376 g/mol. The number of furan rings is 1. The maximum absolute atomic E-state index is 6.16. The third-order valence-corrected chi connectivity index (χ3v) is 7.23. The van der Waals surface area contributed by atoms with Crippen LogP contribution in [0.1, 0.15) is 30.5 Å². The average molecular weight is 399 g/mol. The number of benzene rings is 5. The van der Waals surface area contributed by atoms with E-state index in [1.807, 2.05) is 12.1 Å². The topological polar surface area (TPSA) is 13.1 Å². The molecule has 5 aromatic carbocycles. The van der Waals surface area contributed by atoms with Crippen LogP contribution in [0.25, 0.3) is 54.6 Å². The largest absolute Gasteiger partial charge is 0.456 e. The van der Waals surface area contributed by atoms with Crippen molar-refractivity contribution >= 4 is 43.5 Å². The van der Waals surface area contributed by atoms with Crippen molar-refractivity contribution in [3.63, 3.8) is 0 Å². The van der Waals surface area contributed by atoms with Crippen molar-refractivity contribution in [1.82, 2.24) is 0 Å². The molecule has 1 aromatic heterocycles. The SMILES string of the molecule is Cc1cc2c3c(ccc4cc(-c5ccc6c(c5)oc5ccccc56)cc(c43)C2(C)C)c1. The maximum atomic E-state index is 6.16. The standard InChI is InChI=1S/C30H22O/c1-17-12-19-8-9-20-14-21(15-25-29(20)28(19)24(13-17)30(25,2)3)18-10-11-23-22-6-4-5-7-26(22)31-27(23)16-18/h4-16H,1-3H3. The van der Waals surface area contributed by atoms with Gasteiger partial charge in [-0.05, 0) is 81.1 Å². The van der Waals surface area contributed by atoms with Crippen LogP contribution in [0.15, 0.2) is 83.3 Å². The summed E-state index contributed by atoms with van der Waals surface area (Å²) in [7, 11) is 0. The van der Waals surface area contributed by atoms with Gasteiger partial charge in [-0.2, -0.15) is 0 Å². The van der Waals surface area contributed by atoms with Crippen LogP contribution in [0.4, 0.5) is 0 Å². The van der Waals surface area contributed by atoms with Crippen molar-refractivity contribution in [2.45, 2.75) is 26.2 Å². The van der Waals surface area contributed by atoms with E-state index in [1.165, 1.54) is 60.1 Å². The Morgan fingerprint density at radius 3 is 2.16 bits per heavy atom. The summed E-state index contributed by atoms with van der Waals surface area (Å²) in [5.41, 5.74) is 8.55. The predicted molar refractivity (Wildman–Crippen MR) is 131 cm³/mol. The molecule has 0 atom stereocenters. The lowest BCUT2D eigenvalue weighted by atomic mass is 9.80. The van der Waals surface area contributed by atoms with Crippen LogP contribution >= 0.6 is 0 Å². The summed E-state index contributed by atoms with van der Waals surface area (Å²) in [6.07, 6.45) is 0. The minimum atomic E-state index is -0.00825. The smallest absolute Gasteiger partial charge is 0.136 e. The quantitative estimate of drug-likeness (QED) is 0.253. The van der Waals surface area contributed by atoms with Gasteiger partial charge in [-0.15, -0.1) is 0 Å². The molecule has 0 bridgehead atoms. The third-order valence-electron chi connectivity index (χ3n) is 7.23. The maximum Gasteiger partial charge on any atom is 0.136 e. The highest BCUT2D eigenvalue weighted by Crippen LogP contribution is 2.50. The van der Waals surface area contributed by atoms with Gasteiger partial charge in [0.05, 0.1) is 0 Å². The first-order valence-electron chi connectivity index (χ1n) is 10.9. The van der Waals surface area contributed by atoms with Crippen LogP contribution in [-0.2, 0) is 5.41 Å². The molecule has 148 valence electrons. The monoisotopic (exact) mass is 398 g/mol. The highest BCUT2D eigenvalue weighted by Gasteiger charge is 2.34. The second-order valence-electron chi connectivity index (χ2n) is 9.53. The second kappa shape index (κ2) is 5.56. The van der Waals surface area contributed by atoms with Crippen LogP contribution in [0, 0.1) is 6.92 Å². The van der Waals surface area contributed by atoms with Gasteiger partial charge in [0.1, 0.15) is 11.2 Å². The molecule has 0 radical (unpaired) electrons. The van der Waals surface area contributed by atoms with Crippen LogP contribution in [0.2, 0.25) is 0 Å². The summed E-state index contributed by atoms with van der Waals surface area (Å²) >= 11 is 0. The summed E-state index contributed by atoms with van der Waals surface area (Å²) in [6.45, 7) is 6.93. The van der Waals surface area contributed by atoms with Gasteiger partial charge in [-0.3, -0.25) is 0 Å². The Morgan fingerprint density at radius 1 is 0.613 bits per heavy atom. The molecule has 0 amide bonds. The normalized spacial score (nSPS) is 14.5. The van der Waals surface area contributed by atoms with E-state index >= 15 is 0 Å². The molecule has 0 saturated carbocycles. The zero-order valence-corrected chi connectivity index (χ0v) is 17.9.